The maximum atomic E-state index is 12.5. The smallest absolute Gasteiger partial charge is 0.294 e. The van der Waals surface area contributed by atoms with Gasteiger partial charge in [-0.1, -0.05) is 29.8 Å². The average Bonchev–Trinajstić information content (AvgIpc) is 2.91. The first-order valence-electron chi connectivity index (χ1n) is 8.34. The van der Waals surface area contributed by atoms with E-state index in [0.717, 1.165) is 46.0 Å². The number of phenolic OH excluding ortho intramolecular Hbond substituents is 1. The normalized spacial score (nSPS) is 15.1. The van der Waals surface area contributed by atoms with Gasteiger partial charge in [-0.2, -0.15) is 0 Å². The summed E-state index contributed by atoms with van der Waals surface area (Å²) < 4.78 is 0. The number of amides is 3. The number of imide groups is 1. The van der Waals surface area contributed by atoms with E-state index >= 15 is 0 Å². The Kier molecular flexibility index (Phi) is 5.64. The zero-order valence-electron chi connectivity index (χ0n) is 15.1. The van der Waals surface area contributed by atoms with Gasteiger partial charge in [0.05, 0.1) is 15.5 Å². The number of thioether (sulfide) groups is 1. The molecule has 0 spiro atoms. The van der Waals surface area contributed by atoms with Crippen LogP contribution in [0.5, 0.6) is 5.75 Å². The Bertz CT molecular complexity index is 1070. The number of phenols is 1. The first-order chi connectivity index (χ1) is 13.7. The van der Waals surface area contributed by atoms with E-state index in [-0.39, 0.29) is 22.0 Å². The molecular weight excluding hydrogens is 398 g/mol. The van der Waals surface area contributed by atoms with E-state index in [4.69, 9.17) is 0 Å². The lowest BCUT2D eigenvalue weighted by Crippen LogP contribution is -2.36. The van der Waals surface area contributed by atoms with Gasteiger partial charge in [0.15, 0.2) is 0 Å². The van der Waals surface area contributed by atoms with Crippen LogP contribution in [0.2, 0.25) is 0 Å². The lowest BCUT2D eigenvalue weighted by Gasteiger charge is -2.13. The highest BCUT2D eigenvalue weighted by Gasteiger charge is 2.36. The first-order valence-corrected chi connectivity index (χ1v) is 9.15. The molecule has 10 heteroatoms. The fourth-order valence-corrected chi connectivity index (χ4v) is 3.46. The molecule has 1 aliphatic rings. The van der Waals surface area contributed by atoms with Crippen LogP contribution < -0.4 is 5.32 Å². The molecule has 0 atom stereocenters. The number of benzene rings is 2. The zero-order valence-corrected chi connectivity index (χ0v) is 15.9. The number of hydrogen-bond donors (Lipinski definition) is 2. The van der Waals surface area contributed by atoms with Crippen molar-refractivity contribution in [2.75, 3.05) is 11.9 Å². The maximum Gasteiger partial charge on any atom is 0.294 e. The van der Waals surface area contributed by atoms with Crippen LogP contribution in [0, 0.1) is 17.0 Å². The van der Waals surface area contributed by atoms with Crippen LogP contribution in [0.4, 0.5) is 16.2 Å². The highest BCUT2D eigenvalue weighted by atomic mass is 32.2. The third-order valence-electron chi connectivity index (χ3n) is 3.98. The number of rotatable bonds is 5. The quantitative estimate of drug-likeness (QED) is 0.333. The molecule has 29 heavy (non-hydrogen) atoms. The van der Waals surface area contributed by atoms with E-state index in [9.17, 15) is 29.6 Å². The largest absolute Gasteiger partial charge is 0.506 e. The number of nitro groups is 1. The van der Waals surface area contributed by atoms with Crippen molar-refractivity contribution in [3.63, 3.8) is 0 Å². The third-order valence-corrected chi connectivity index (χ3v) is 4.89. The van der Waals surface area contributed by atoms with Crippen molar-refractivity contribution in [2.24, 2.45) is 0 Å². The molecule has 9 nitrogen and oxygen atoms in total. The molecule has 1 saturated heterocycles. The SMILES string of the molecule is Cc1cccc(/C=C2\SC(=O)N(CC(=O)Nc3cc([N+](=O)[O-])ccc3O)C2=O)c1. The van der Waals surface area contributed by atoms with Crippen LogP contribution in [0.3, 0.4) is 0 Å². The number of nitrogens with one attached hydrogen (secondary N) is 1. The minimum atomic E-state index is -0.778. The summed E-state index contributed by atoms with van der Waals surface area (Å²) in [5, 5.41) is 22.3. The molecule has 2 N–H and O–H groups in total. The molecule has 1 fully saturated rings. The maximum absolute atomic E-state index is 12.5. The molecule has 0 aliphatic carbocycles. The number of carbonyl (C=O) groups is 3. The number of anilines is 1. The molecule has 1 aliphatic heterocycles. The van der Waals surface area contributed by atoms with Crippen LogP contribution >= 0.6 is 11.8 Å². The molecule has 0 radical (unpaired) electrons. The number of nitrogens with zero attached hydrogens (tertiary/aromatic N) is 2. The van der Waals surface area contributed by atoms with Crippen molar-refractivity contribution in [3.05, 3.63) is 68.6 Å². The monoisotopic (exact) mass is 413 g/mol. The second kappa shape index (κ2) is 8.15. The Morgan fingerprint density at radius 3 is 2.72 bits per heavy atom. The fourth-order valence-electron chi connectivity index (χ4n) is 2.62. The summed E-state index contributed by atoms with van der Waals surface area (Å²) in [5.74, 6) is -1.77. The molecular formula is C19H15N3O6S. The number of hydrogen-bond acceptors (Lipinski definition) is 7. The summed E-state index contributed by atoms with van der Waals surface area (Å²) in [6.45, 7) is 1.31. The zero-order chi connectivity index (χ0) is 21.1. The molecule has 2 aromatic rings. The van der Waals surface area contributed by atoms with Crippen molar-refractivity contribution >= 4 is 46.3 Å². The van der Waals surface area contributed by atoms with Gasteiger partial charge in [-0.15, -0.1) is 0 Å². The average molecular weight is 413 g/mol. The molecule has 0 aromatic heterocycles. The summed E-state index contributed by atoms with van der Waals surface area (Å²) in [6.07, 6.45) is 1.57. The lowest BCUT2D eigenvalue weighted by molar-refractivity contribution is -0.384. The number of carbonyl (C=O) groups excluding carboxylic acids is 3. The number of aryl methyl sites for hydroxylation is 1. The van der Waals surface area contributed by atoms with E-state index in [1.54, 1.807) is 12.1 Å². The summed E-state index contributed by atoms with van der Waals surface area (Å²) in [7, 11) is 0. The lowest BCUT2D eigenvalue weighted by atomic mass is 10.1. The summed E-state index contributed by atoms with van der Waals surface area (Å²) in [5.41, 5.74) is 1.23. The molecule has 2 aromatic carbocycles. The highest BCUT2D eigenvalue weighted by molar-refractivity contribution is 8.18. The van der Waals surface area contributed by atoms with Crippen LogP contribution in [0.1, 0.15) is 11.1 Å². The van der Waals surface area contributed by atoms with Gasteiger partial charge in [0.2, 0.25) is 5.91 Å². The van der Waals surface area contributed by atoms with E-state index in [2.05, 4.69) is 5.32 Å². The predicted molar refractivity (Wildman–Crippen MR) is 107 cm³/mol. The van der Waals surface area contributed by atoms with Gasteiger partial charge in [-0.05, 0) is 36.4 Å². The predicted octanol–water partition coefficient (Wildman–Crippen LogP) is 3.28. The van der Waals surface area contributed by atoms with Gasteiger partial charge >= 0.3 is 0 Å². The van der Waals surface area contributed by atoms with Crippen molar-refractivity contribution in [2.45, 2.75) is 6.92 Å². The summed E-state index contributed by atoms with van der Waals surface area (Å²) >= 11 is 0.720. The van der Waals surface area contributed by atoms with Crippen molar-refractivity contribution < 1.29 is 24.4 Å². The minimum absolute atomic E-state index is 0.187. The van der Waals surface area contributed by atoms with Crippen molar-refractivity contribution in [3.8, 4) is 5.75 Å². The van der Waals surface area contributed by atoms with Crippen LogP contribution in [-0.4, -0.2) is 38.5 Å². The van der Waals surface area contributed by atoms with E-state index in [1.807, 2.05) is 25.1 Å². The Labute approximate surface area is 169 Å². The second-order valence-corrected chi connectivity index (χ2v) is 7.18. The first kappa shape index (κ1) is 20.1. The van der Waals surface area contributed by atoms with Crippen LogP contribution in [0.25, 0.3) is 6.08 Å². The second-order valence-electron chi connectivity index (χ2n) is 6.19. The molecule has 0 bridgehead atoms. The number of nitro benzene ring substituents is 1. The Hall–Kier alpha value is -3.66. The molecule has 1 heterocycles. The highest BCUT2D eigenvalue weighted by Crippen LogP contribution is 2.32. The van der Waals surface area contributed by atoms with E-state index < -0.39 is 28.5 Å². The third kappa shape index (κ3) is 4.61. The van der Waals surface area contributed by atoms with Gasteiger partial charge < -0.3 is 10.4 Å². The fraction of sp³-hybridized carbons (Fsp3) is 0.105. The molecule has 3 rings (SSSR count). The topological polar surface area (TPSA) is 130 Å². The van der Waals surface area contributed by atoms with E-state index in [0.29, 0.717) is 0 Å². The molecule has 148 valence electrons. The van der Waals surface area contributed by atoms with Gasteiger partial charge in [0, 0.05) is 12.1 Å². The van der Waals surface area contributed by atoms with Gasteiger partial charge in [-0.3, -0.25) is 29.4 Å². The summed E-state index contributed by atoms with van der Waals surface area (Å²) in [6, 6.07) is 10.5. The molecule has 3 amide bonds. The van der Waals surface area contributed by atoms with Crippen molar-refractivity contribution in [1.29, 1.82) is 0 Å². The number of aromatic hydroxyl groups is 1. The molecule has 0 unspecified atom stereocenters. The Morgan fingerprint density at radius 1 is 1.28 bits per heavy atom. The van der Waals surface area contributed by atoms with Crippen LogP contribution in [0.15, 0.2) is 47.4 Å². The molecule has 0 saturated carbocycles. The number of non-ortho nitro benzene ring substituents is 1. The van der Waals surface area contributed by atoms with Gasteiger partial charge in [-0.25, -0.2) is 0 Å². The van der Waals surface area contributed by atoms with Crippen LogP contribution in [-0.2, 0) is 9.59 Å². The minimum Gasteiger partial charge on any atom is -0.506 e. The van der Waals surface area contributed by atoms with Gasteiger partial charge in [0.25, 0.3) is 16.8 Å². The van der Waals surface area contributed by atoms with E-state index in [1.165, 1.54) is 0 Å². The van der Waals surface area contributed by atoms with Gasteiger partial charge in [0.1, 0.15) is 12.3 Å². The van der Waals surface area contributed by atoms with Crippen molar-refractivity contribution in [1.82, 2.24) is 4.90 Å². The summed E-state index contributed by atoms with van der Waals surface area (Å²) in [4.78, 5) is 48.0. The Morgan fingerprint density at radius 2 is 2.03 bits per heavy atom. The standard InChI is InChI=1S/C19H15N3O6S/c1-11-3-2-4-12(7-11)8-16-18(25)21(19(26)29-16)10-17(24)20-14-9-13(22(27)28)5-6-15(14)23/h2-9,23H,10H2,1H3,(H,20,24)/b16-8-. The Balaban J connectivity index is 1.72.